The lowest BCUT2D eigenvalue weighted by Gasteiger charge is -2.35. The van der Waals surface area contributed by atoms with Crippen LogP contribution in [0.4, 0.5) is 0 Å². The summed E-state index contributed by atoms with van der Waals surface area (Å²) in [6.45, 7) is 10.3. The Morgan fingerprint density at radius 1 is 1.08 bits per heavy atom. The lowest BCUT2D eigenvalue weighted by atomic mass is 10.1. The molecule has 3 rings (SSSR count). The summed E-state index contributed by atoms with van der Waals surface area (Å²) >= 11 is 0. The van der Waals surface area contributed by atoms with Crippen molar-refractivity contribution in [2.45, 2.75) is 32.6 Å². The van der Waals surface area contributed by atoms with Gasteiger partial charge in [-0.25, -0.2) is 0 Å². The molecule has 1 aromatic rings. The molecule has 0 amide bonds. The van der Waals surface area contributed by atoms with Gasteiger partial charge in [0.1, 0.15) is 0 Å². The maximum absolute atomic E-state index is 10.0. The summed E-state index contributed by atoms with van der Waals surface area (Å²) in [5.74, 6) is 1.68. The third-order valence-electron chi connectivity index (χ3n) is 4.40. The predicted octanol–water partition coefficient (Wildman–Crippen LogP) is 1.32. The van der Waals surface area contributed by atoms with E-state index in [-0.39, 0.29) is 6.10 Å². The topological polar surface area (TPSA) is 54.4 Å². The number of ether oxygens (including phenoxy) is 3. The van der Waals surface area contributed by atoms with Gasteiger partial charge in [-0.05, 0) is 31.5 Å². The second-order valence-electron chi connectivity index (χ2n) is 6.80. The van der Waals surface area contributed by atoms with E-state index in [1.54, 1.807) is 0 Å². The zero-order valence-corrected chi connectivity index (χ0v) is 14.6. The molecular formula is C18H28N2O4. The van der Waals surface area contributed by atoms with Crippen LogP contribution in [0.3, 0.4) is 0 Å². The van der Waals surface area contributed by atoms with Crippen molar-refractivity contribution in [2.75, 3.05) is 46.1 Å². The van der Waals surface area contributed by atoms with Gasteiger partial charge in [-0.3, -0.25) is 9.80 Å². The summed E-state index contributed by atoms with van der Waals surface area (Å²) in [5, 5.41) is 10.0. The molecule has 2 heterocycles. The third kappa shape index (κ3) is 4.83. The summed E-state index contributed by atoms with van der Waals surface area (Å²) in [5.41, 5.74) is 1.25. The number of benzene rings is 1. The Morgan fingerprint density at radius 2 is 1.79 bits per heavy atom. The number of hydrogen-bond donors (Lipinski definition) is 1. The van der Waals surface area contributed by atoms with Crippen LogP contribution >= 0.6 is 0 Å². The molecule has 2 aliphatic heterocycles. The molecule has 2 aliphatic rings. The largest absolute Gasteiger partial charge is 0.454 e. The van der Waals surface area contributed by atoms with Gasteiger partial charge in [0.2, 0.25) is 6.79 Å². The summed E-state index contributed by atoms with van der Waals surface area (Å²) in [7, 11) is 0. The zero-order valence-electron chi connectivity index (χ0n) is 14.6. The van der Waals surface area contributed by atoms with Gasteiger partial charge in [0, 0.05) is 39.3 Å². The molecule has 6 heteroatoms. The first-order valence-electron chi connectivity index (χ1n) is 8.73. The summed E-state index contributed by atoms with van der Waals surface area (Å²) < 4.78 is 16.3. The number of nitrogens with zero attached hydrogens (tertiary/aromatic N) is 2. The van der Waals surface area contributed by atoms with Crippen molar-refractivity contribution in [3.05, 3.63) is 23.8 Å². The normalized spacial score (nSPS) is 19.8. The average molecular weight is 336 g/mol. The van der Waals surface area contributed by atoms with E-state index in [0.29, 0.717) is 19.9 Å². The number of rotatable bonds is 7. The quantitative estimate of drug-likeness (QED) is 0.810. The van der Waals surface area contributed by atoms with Gasteiger partial charge in [0.05, 0.1) is 18.8 Å². The minimum Gasteiger partial charge on any atom is -0.454 e. The molecule has 6 nitrogen and oxygen atoms in total. The van der Waals surface area contributed by atoms with Crippen LogP contribution in [0.15, 0.2) is 18.2 Å². The van der Waals surface area contributed by atoms with E-state index in [0.717, 1.165) is 44.2 Å². The minimum absolute atomic E-state index is 0.165. The fourth-order valence-corrected chi connectivity index (χ4v) is 3.08. The van der Waals surface area contributed by atoms with E-state index >= 15 is 0 Å². The van der Waals surface area contributed by atoms with Crippen LogP contribution in [0.1, 0.15) is 19.4 Å². The smallest absolute Gasteiger partial charge is 0.231 e. The molecule has 0 bridgehead atoms. The first kappa shape index (κ1) is 17.5. The second-order valence-corrected chi connectivity index (χ2v) is 6.80. The molecule has 0 spiro atoms. The van der Waals surface area contributed by atoms with E-state index in [1.807, 2.05) is 19.9 Å². The van der Waals surface area contributed by atoms with Crippen LogP contribution < -0.4 is 9.47 Å². The van der Waals surface area contributed by atoms with Crippen LogP contribution in [-0.4, -0.2) is 73.2 Å². The number of aliphatic hydroxyl groups excluding tert-OH is 1. The minimum atomic E-state index is -0.409. The van der Waals surface area contributed by atoms with Crippen molar-refractivity contribution in [1.29, 1.82) is 0 Å². The monoisotopic (exact) mass is 336 g/mol. The fourth-order valence-electron chi connectivity index (χ4n) is 3.08. The van der Waals surface area contributed by atoms with Gasteiger partial charge >= 0.3 is 0 Å². The van der Waals surface area contributed by atoms with E-state index in [2.05, 4.69) is 21.9 Å². The summed E-state index contributed by atoms with van der Waals surface area (Å²) in [6.07, 6.45) is -0.244. The second kappa shape index (κ2) is 8.16. The maximum atomic E-state index is 10.0. The molecule has 1 N–H and O–H groups in total. The number of piperazine rings is 1. The number of aliphatic hydroxyl groups is 1. The number of fused-ring (bicyclic) bond motifs is 1. The van der Waals surface area contributed by atoms with Crippen LogP contribution in [0.25, 0.3) is 0 Å². The molecule has 0 aliphatic carbocycles. The fraction of sp³-hybridized carbons (Fsp3) is 0.667. The Hall–Kier alpha value is -1.34. The highest BCUT2D eigenvalue weighted by molar-refractivity contribution is 5.44. The molecule has 0 aromatic heterocycles. The number of β-amino-alcohol motifs (C(OH)–C–C–N with tert-alkyl or cyclic N) is 1. The lowest BCUT2D eigenvalue weighted by Crippen LogP contribution is -2.48. The van der Waals surface area contributed by atoms with Gasteiger partial charge in [-0.15, -0.1) is 0 Å². The van der Waals surface area contributed by atoms with Crippen molar-refractivity contribution in [2.24, 2.45) is 0 Å². The van der Waals surface area contributed by atoms with Crippen molar-refractivity contribution >= 4 is 0 Å². The predicted molar refractivity (Wildman–Crippen MR) is 91.4 cm³/mol. The van der Waals surface area contributed by atoms with Gasteiger partial charge in [-0.2, -0.15) is 0 Å². The Labute approximate surface area is 143 Å². The number of hydrogen-bond acceptors (Lipinski definition) is 6. The Morgan fingerprint density at radius 3 is 2.54 bits per heavy atom. The molecule has 0 unspecified atom stereocenters. The van der Waals surface area contributed by atoms with Gasteiger partial charge in [-0.1, -0.05) is 6.07 Å². The highest BCUT2D eigenvalue weighted by atomic mass is 16.7. The molecule has 134 valence electrons. The van der Waals surface area contributed by atoms with Gasteiger partial charge < -0.3 is 19.3 Å². The lowest BCUT2D eigenvalue weighted by molar-refractivity contribution is -0.0148. The van der Waals surface area contributed by atoms with E-state index < -0.39 is 6.10 Å². The molecule has 1 atom stereocenters. The summed E-state index contributed by atoms with van der Waals surface area (Å²) in [4.78, 5) is 4.75. The standard InChI is InChI=1S/C18H28N2O4/c1-14(2)22-12-16(21)11-20-7-5-19(6-8-20)10-15-3-4-17-18(9-15)24-13-23-17/h3-4,9,14,16,21H,5-8,10-13H2,1-2H3/t16-/m0/s1. The van der Waals surface area contributed by atoms with E-state index in [4.69, 9.17) is 14.2 Å². The van der Waals surface area contributed by atoms with Crippen LogP contribution in [0.2, 0.25) is 0 Å². The highest BCUT2D eigenvalue weighted by Gasteiger charge is 2.20. The van der Waals surface area contributed by atoms with E-state index in [1.165, 1.54) is 5.56 Å². The Balaban J connectivity index is 1.40. The van der Waals surface area contributed by atoms with Crippen molar-refractivity contribution < 1.29 is 19.3 Å². The molecular weight excluding hydrogens is 308 g/mol. The van der Waals surface area contributed by atoms with Crippen molar-refractivity contribution in [3.63, 3.8) is 0 Å². The molecule has 1 aromatic carbocycles. The van der Waals surface area contributed by atoms with Crippen molar-refractivity contribution in [1.82, 2.24) is 9.80 Å². The van der Waals surface area contributed by atoms with Crippen molar-refractivity contribution in [3.8, 4) is 11.5 Å². The SMILES string of the molecule is CC(C)OC[C@@H](O)CN1CCN(Cc2ccc3c(c2)OCO3)CC1. The summed E-state index contributed by atoms with van der Waals surface area (Å²) in [6, 6.07) is 6.16. The van der Waals surface area contributed by atoms with Crippen LogP contribution in [0.5, 0.6) is 11.5 Å². The van der Waals surface area contributed by atoms with Gasteiger partial charge in [0.25, 0.3) is 0 Å². The highest BCUT2D eigenvalue weighted by Crippen LogP contribution is 2.32. The average Bonchev–Trinajstić information content (AvgIpc) is 3.02. The van der Waals surface area contributed by atoms with Gasteiger partial charge in [0.15, 0.2) is 11.5 Å². The molecule has 0 saturated carbocycles. The van der Waals surface area contributed by atoms with Crippen LogP contribution in [-0.2, 0) is 11.3 Å². The Bertz CT molecular complexity index is 530. The Kier molecular flexibility index (Phi) is 5.94. The van der Waals surface area contributed by atoms with Crippen LogP contribution in [0, 0.1) is 0 Å². The molecule has 24 heavy (non-hydrogen) atoms. The maximum Gasteiger partial charge on any atom is 0.231 e. The third-order valence-corrected chi connectivity index (χ3v) is 4.40. The molecule has 1 fully saturated rings. The van der Waals surface area contributed by atoms with E-state index in [9.17, 15) is 5.11 Å². The molecule has 0 radical (unpaired) electrons. The first-order chi connectivity index (χ1) is 11.6. The zero-order chi connectivity index (χ0) is 16.9. The first-order valence-corrected chi connectivity index (χ1v) is 8.73. The molecule has 1 saturated heterocycles.